The van der Waals surface area contributed by atoms with Crippen molar-refractivity contribution in [3.8, 4) is 5.75 Å². The van der Waals surface area contributed by atoms with Crippen LogP contribution in [0.5, 0.6) is 5.75 Å². The number of aliphatic carboxylic acids is 2. The van der Waals surface area contributed by atoms with E-state index in [2.05, 4.69) is 41.7 Å². The molecule has 15 N–H and O–H groups in total. The Morgan fingerprint density at radius 3 is 1.71 bits per heavy atom. The maximum Gasteiger partial charge on any atom is 0.524 e. The van der Waals surface area contributed by atoms with Crippen molar-refractivity contribution in [1.82, 2.24) is 37.2 Å². The number of primary amides is 1. The number of phosphoric acid groups is 1. The van der Waals surface area contributed by atoms with Crippen molar-refractivity contribution in [2.45, 2.75) is 129 Å². The van der Waals surface area contributed by atoms with Crippen LogP contribution in [0.3, 0.4) is 0 Å². The van der Waals surface area contributed by atoms with Crippen molar-refractivity contribution in [3.05, 3.63) is 29.8 Å². The number of hydrogen-bond acceptors (Lipinski definition) is 14. The third-order valence-electron chi connectivity index (χ3n) is 9.85. The van der Waals surface area contributed by atoms with E-state index in [0.717, 1.165) is 0 Å². The van der Waals surface area contributed by atoms with Crippen LogP contribution in [0.4, 0.5) is 0 Å². The number of phosphoric ester groups is 1. The molecule has 0 aliphatic carbocycles. The number of carbonyl (C=O) groups is 10. The Labute approximate surface area is 404 Å². The summed E-state index contributed by atoms with van der Waals surface area (Å²) in [6.45, 7) is 9.70. The van der Waals surface area contributed by atoms with Crippen LogP contribution in [0.1, 0.15) is 85.6 Å². The molecule has 1 aromatic carbocycles. The van der Waals surface area contributed by atoms with Gasteiger partial charge in [-0.25, -0.2) is 9.36 Å². The van der Waals surface area contributed by atoms with Gasteiger partial charge in [0.25, 0.3) is 0 Å². The quantitative estimate of drug-likeness (QED) is 0.0361. The Bertz CT molecular complexity index is 2000. The average molecular weight is 1020 g/mol. The second kappa shape index (κ2) is 29.9. The minimum Gasteiger partial charge on any atom is -0.481 e. The first kappa shape index (κ1) is 61.2. The molecule has 1 rings (SSSR count). The molecule has 69 heavy (non-hydrogen) atoms. The summed E-state index contributed by atoms with van der Waals surface area (Å²) in [6.07, 6.45) is -0.132. The van der Waals surface area contributed by atoms with Gasteiger partial charge in [0, 0.05) is 12.8 Å². The van der Waals surface area contributed by atoms with E-state index in [1.165, 1.54) is 36.0 Å². The van der Waals surface area contributed by atoms with Crippen LogP contribution >= 0.6 is 19.6 Å². The molecule has 27 heteroatoms. The molecule has 0 unspecified atom stereocenters. The molecule has 0 saturated carbocycles. The summed E-state index contributed by atoms with van der Waals surface area (Å²) in [4.78, 5) is 148. The molecule has 0 bridgehead atoms. The zero-order valence-corrected chi connectivity index (χ0v) is 41.4. The van der Waals surface area contributed by atoms with Crippen LogP contribution in [-0.2, 0) is 58.9 Å². The third-order valence-corrected chi connectivity index (χ3v) is 10.9. The van der Waals surface area contributed by atoms with Gasteiger partial charge in [0.1, 0.15) is 42.0 Å². The largest absolute Gasteiger partial charge is 0.524 e. The summed E-state index contributed by atoms with van der Waals surface area (Å²) >= 11 is 1.34. The zero-order chi connectivity index (χ0) is 52.8. The predicted octanol–water partition coefficient (Wildman–Crippen LogP) is -1.62. The van der Waals surface area contributed by atoms with E-state index in [4.69, 9.17) is 16.6 Å². The van der Waals surface area contributed by atoms with Crippen molar-refractivity contribution in [3.63, 3.8) is 0 Å². The monoisotopic (exact) mass is 1020 g/mol. The molecular formula is C42H68N9O16PS. The lowest BCUT2D eigenvalue weighted by Gasteiger charge is -2.28. The molecule has 0 saturated heterocycles. The summed E-state index contributed by atoms with van der Waals surface area (Å²) in [6, 6.07) is -4.71. The van der Waals surface area contributed by atoms with Gasteiger partial charge in [0.15, 0.2) is 0 Å². The fraction of sp³-hybridized carbons (Fsp3) is 0.619. The molecule has 388 valence electrons. The number of carbonyl (C=O) groups excluding carboxylic acids is 8. The summed E-state index contributed by atoms with van der Waals surface area (Å²) in [5, 5.41) is 35.3. The van der Waals surface area contributed by atoms with E-state index in [-0.39, 0.29) is 42.4 Å². The summed E-state index contributed by atoms with van der Waals surface area (Å²) in [5.74, 6) is -10.7. The van der Waals surface area contributed by atoms with Gasteiger partial charge < -0.3 is 63.4 Å². The number of carboxylic acids is 2. The second-order valence-electron chi connectivity index (χ2n) is 17.3. The zero-order valence-electron chi connectivity index (χ0n) is 39.6. The molecule has 0 aliphatic rings. The summed E-state index contributed by atoms with van der Waals surface area (Å²) in [5.41, 5.74) is 11.8. The molecule has 25 nitrogen and oxygen atoms in total. The Kier molecular flexibility index (Phi) is 26.5. The fourth-order valence-electron chi connectivity index (χ4n) is 6.44. The number of nitrogens with one attached hydrogen (secondary N) is 7. The molecule has 0 spiro atoms. The van der Waals surface area contributed by atoms with Gasteiger partial charge in [-0.2, -0.15) is 11.8 Å². The molecule has 0 heterocycles. The molecular weight excluding hydrogens is 950 g/mol. The van der Waals surface area contributed by atoms with Crippen molar-refractivity contribution in [1.29, 1.82) is 0 Å². The predicted molar refractivity (Wildman–Crippen MR) is 250 cm³/mol. The van der Waals surface area contributed by atoms with Crippen molar-refractivity contribution < 1.29 is 77.0 Å². The number of carboxylic acid groups (broad SMARTS) is 2. The standard InChI is InChI=1S/C42H68N9O16PS/c1-21(2)16-26(43)36(56)51-35(23(5)6)41(61)47-27(14-15-69-7)38(58)49-30(18-24-8-10-25(11-9-24)67-68(64,65)66)39(59)50-31(19-32(44)52)40(60)48-29(17-22(3)4)37(57)45-20-33(53)46-28(42(62)63)12-13-34(54)55/h8-11,21-23,26-31,35H,12-20,43H2,1-7H3,(H2,44,52)(H,45,57)(H,46,53)(H,47,61)(H,48,60)(H,49,58)(H,50,59)(H,51,56)(H,54,55)(H,62,63)(H2,64,65,66)/t26-,27-,28-,29-,30-,31-,35-/m0/s1. The number of thioether (sulfide) groups is 1. The highest BCUT2D eigenvalue weighted by Crippen LogP contribution is 2.37. The van der Waals surface area contributed by atoms with Gasteiger partial charge in [-0.15, -0.1) is 0 Å². The molecule has 0 aliphatic heterocycles. The minimum absolute atomic E-state index is 0.0334. The topological polar surface area (TPSA) is 414 Å². The average Bonchev–Trinajstić information content (AvgIpc) is 3.22. The molecule has 1 aromatic rings. The van der Waals surface area contributed by atoms with Crippen molar-refractivity contribution in [2.75, 3.05) is 18.6 Å². The number of hydrogen-bond donors (Lipinski definition) is 13. The first-order chi connectivity index (χ1) is 32.0. The van der Waals surface area contributed by atoms with E-state index in [9.17, 15) is 67.4 Å². The van der Waals surface area contributed by atoms with Gasteiger partial charge in [0.2, 0.25) is 47.3 Å². The lowest BCUT2D eigenvalue weighted by molar-refractivity contribution is -0.143. The van der Waals surface area contributed by atoms with Crippen molar-refractivity contribution in [2.24, 2.45) is 29.2 Å². The minimum atomic E-state index is -4.96. The molecule has 0 aromatic heterocycles. The van der Waals surface area contributed by atoms with E-state index in [1.807, 2.05) is 13.8 Å². The molecule has 0 radical (unpaired) electrons. The van der Waals surface area contributed by atoms with Crippen LogP contribution in [0.25, 0.3) is 0 Å². The Morgan fingerprint density at radius 1 is 0.667 bits per heavy atom. The molecule has 7 atom stereocenters. The Hall–Kier alpha value is -5.82. The maximum absolute atomic E-state index is 14.2. The van der Waals surface area contributed by atoms with Gasteiger partial charge in [-0.05, 0) is 73.1 Å². The second-order valence-corrected chi connectivity index (χ2v) is 19.5. The highest BCUT2D eigenvalue weighted by atomic mass is 32.2. The number of amides is 8. The smallest absolute Gasteiger partial charge is 0.481 e. The summed E-state index contributed by atoms with van der Waals surface area (Å²) in [7, 11) is -4.96. The van der Waals surface area contributed by atoms with Gasteiger partial charge in [-0.1, -0.05) is 53.7 Å². The maximum atomic E-state index is 14.2. The number of nitrogens with two attached hydrogens (primary N) is 2. The van der Waals surface area contributed by atoms with Gasteiger partial charge >= 0.3 is 19.8 Å². The molecule has 8 amide bonds. The van der Waals surface area contributed by atoms with E-state index >= 15 is 0 Å². The van der Waals surface area contributed by atoms with E-state index < -0.39 is 141 Å². The highest BCUT2D eigenvalue weighted by molar-refractivity contribution is 7.98. The molecule has 0 fully saturated rings. The first-order valence-corrected chi connectivity index (χ1v) is 24.9. The first-order valence-electron chi connectivity index (χ1n) is 21.9. The van der Waals surface area contributed by atoms with Crippen LogP contribution in [0, 0.1) is 17.8 Å². The van der Waals surface area contributed by atoms with Crippen LogP contribution in [0.2, 0.25) is 0 Å². The lowest BCUT2D eigenvalue weighted by Crippen LogP contribution is -2.61. The number of benzene rings is 1. The van der Waals surface area contributed by atoms with Crippen LogP contribution in [-0.4, -0.2) is 140 Å². The Morgan fingerprint density at radius 2 is 1.20 bits per heavy atom. The Balaban J connectivity index is 3.53. The van der Waals surface area contributed by atoms with Crippen LogP contribution in [0.15, 0.2) is 24.3 Å². The third kappa shape index (κ3) is 24.9. The lowest BCUT2D eigenvalue weighted by atomic mass is 9.99. The normalized spacial score (nSPS) is 14.4. The SMILES string of the molecule is CSCC[C@H](NC(=O)[C@@H](NC(=O)[C@@H](N)CC(C)C)C(C)C)C(=O)N[C@@H](Cc1ccc(OP(=O)(O)O)cc1)C(=O)N[C@@H](CC(N)=O)C(=O)N[C@@H](CC(C)C)C(=O)NCC(=O)N[C@@H](CCC(=O)O)C(=O)O. The van der Waals surface area contributed by atoms with Crippen molar-refractivity contribution >= 4 is 78.8 Å². The van der Waals surface area contributed by atoms with Gasteiger partial charge in [0.05, 0.1) is 19.0 Å². The van der Waals surface area contributed by atoms with E-state index in [1.54, 1.807) is 34.0 Å². The number of rotatable bonds is 32. The van der Waals surface area contributed by atoms with Crippen LogP contribution < -0.4 is 53.2 Å². The van der Waals surface area contributed by atoms with Gasteiger partial charge in [-0.3, -0.25) is 52.9 Å². The summed E-state index contributed by atoms with van der Waals surface area (Å²) < 4.78 is 16.0. The fourth-order valence-corrected chi connectivity index (χ4v) is 7.30. The highest BCUT2D eigenvalue weighted by Gasteiger charge is 2.35. The van der Waals surface area contributed by atoms with E-state index in [0.29, 0.717) is 12.2 Å².